The molecule has 12 rings (SSSR count). The Hall–Kier alpha value is -4.27. The zero-order valence-electron chi connectivity index (χ0n) is 62.7. The molecule has 0 spiro atoms. The van der Waals surface area contributed by atoms with Crippen LogP contribution in [0.15, 0.2) is 292 Å². The van der Waals surface area contributed by atoms with Gasteiger partial charge in [0.05, 0.1) is 37.5 Å². The average Bonchev–Trinajstić information content (AvgIpc) is 0.947. The van der Waals surface area contributed by atoms with Crippen LogP contribution in [0, 0.1) is 72.9 Å². The van der Waals surface area contributed by atoms with Crippen LogP contribution in [0.3, 0.4) is 0 Å². The molecule has 114 heavy (non-hydrogen) atoms. The number of hydrogen-bond acceptors (Lipinski definition) is 18. The molecule has 0 aliphatic rings. The second-order valence-corrected chi connectivity index (χ2v) is 29.1. The van der Waals surface area contributed by atoms with Gasteiger partial charge in [-0.05, 0) is 5.69 Å². The Labute approximate surface area is 840 Å². The van der Waals surface area contributed by atoms with E-state index < -0.39 is 60.1 Å². The van der Waals surface area contributed by atoms with Crippen molar-refractivity contribution < 1.29 is 247 Å². The standard InChI is InChI=1S/3C7H8NO2S.3C6H7N2O2S.3C6H5.3C5H4N.6B.6Y/c3*1-11(9,10)8-7-5-3-2-4-6-7;1-11(9,10)8-6-3-2-4-7-5-6;2*1-11(9,10)8-6-4-2-3-5-7-6;6*1-2-4-6-5-3-1;;;;;;;;;;;;/h3*2-5,8H,1H3;2,4-5,8H,1H3;2*2-3,5H,1H3,(H,7,8);3*1-5H;2-5H;1-2,4-5H;1-4H;;;;;;;;;;;;/q12*-1;;;;;;;;;;;;. The molecule has 0 aliphatic heterocycles. The largest absolute Gasteiger partial charge is 0.394 e. The smallest absolute Gasteiger partial charge is 0.229 e. The number of rotatable bonds is 12. The maximum absolute atomic E-state index is 10.7. The minimum absolute atomic E-state index is 0. The summed E-state index contributed by atoms with van der Waals surface area (Å²) in [4.78, 5) is 22.3. The first-order valence-electron chi connectivity index (χ1n) is 28.7. The third-order valence-corrected chi connectivity index (χ3v) is 12.5. The molecule has 6 heterocycles. The first-order chi connectivity index (χ1) is 48.5. The quantitative estimate of drug-likeness (QED) is 0.0496. The molecular weight excluding hydrogens is 2020 g/mol. The van der Waals surface area contributed by atoms with Crippen LogP contribution in [-0.2, 0) is 256 Å². The molecule has 24 nitrogen and oxygen atoms in total. The molecule has 0 saturated carbocycles. The van der Waals surface area contributed by atoms with E-state index in [0.717, 1.165) is 37.5 Å². The fourth-order valence-electron chi connectivity index (χ4n) is 5.52. The average molecular weight is 2090 g/mol. The van der Waals surface area contributed by atoms with Crippen molar-refractivity contribution in [2.75, 3.05) is 65.9 Å². The van der Waals surface area contributed by atoms with Gasteiger partial charge in [-0.15, -0.1) is 18.2 Å². The van der Waals surface area contributed by atoms with Gasteiger partial charge in [0.1, 0.15) is 0 Å². The Bertz CT molecular complexity index is 3770. The van der Waals surface area contributed by atoms with Crippen LogP contribution in [0.4, 0.5) is 34.4 Å². The van der Waals surface area contributed by atoms with E-state index in [1.165, 1.54) is 30.9 Å². The second kappa shape index (κ2) is 85.2. The summed E-state index contributed by atoms with van der Waals surface area (Å²) in [5, 5.41) is 0. The fourth-order valence-corrected chi connectivity index (χ4v) is 8.54. The minimum Gasteiger partial charge on any atom is -0.394 e. The van der Waals surface area contributed by atoms with Gasteiger partial charge in [0.2, 0.25) is 60.1 Å². The van der Waals surface area contributed by atoms with Crippen molar-refractivity contribution in [1.29, 1.82) is 0 Å². The van der Waals surface area contributed by atoms with Crippen molar-refractivity contribution >= 4 is 145 Å². The van der Waals surface area contributed by atoms with Crippen LogP contribution in [0.2, 0.25) is 0 Å². The molecule has 0 fully saturated rings. The normalized spacial score (nSPS) is 8.89. The van der Waals surface area contributed by atoms with Gasteiger partial charge in [-0.1, -0.05) is 79.0 Å². The minimum atomic E-state index is -3.22. The molecule has 42 heteroatoms. The van der Waals surface area contributed by atoms with Gasteiger partial charge in [0, 0.05) is 258 Å². The molecule has 0 amide bonds. The van der Waals surface area contributed by atoms with Crippen LogP contribution >= 0.6 is 0 Å². The van der Waals surface area contributed by atoms with E-state index in [1.807, 2.05) is 115 Å². The van der Waals surface area contributed by atoms with Crippen LogP contribution in [0.5, 0.6) is 0 Å². The zero-order chi connectivity index (χ0) is 75.4. The number of sulfonamides is 6. The molecule has 24 radical (unpaired) electrons. The molecule has 0 bridgehead atoms. The third kappa shape index (κ3) is 102. The number of anilines is 6. The molecular formula is C72H72B6N12O12S6Y6-12. The summed E-state index contributed by atoms with van der Waals surface area (Å²) in [5.74, 6) is 0.435. The number of aromatic nitrogens is 6. The van der Waals surface area contributed by atoms with Crippen LogP contribution in [0.25, 0.3) is 0 Å². The first kappa shape index (κ1) is 136. The molecule has 12 aromatic rings. The number of benzene rings is 6. The zero-order valence-corrected chi connectivity index (χ0v) is 84.6. The maximum Gasteiger partial charge on any atom is 0.229 e. The number of para-hydroxylation sites is 3. The van der Waals surface area contributed by atoms with Crippen molar-refractivity contribution in [3.8, 4) is 0 Å². The molecule has 6 aromatic heterocycles. The predicted octanol–water partition coefficient (Wildman–Crippen LogP) is 8.14. The summed E-state index contributed by atoms with van der Waals surface area (Å²) in [5.41, 5.74) is 1.76. The van der Waals surface area contributed by atoms with Crippen LogP contribution < -0.4 is 28.3 Å². The van der Waals surface area contributed by atoms with E-state index in [0.29, 0.717) is 22.7 Å². The summed E-state index contributed by atoms with van der Waals surface area (Å²) in [6.07, 6.45) is 23.5. The number of pyridine rings is 6. The molecule has 6 aromatic carbocycles. The molecule has 0 aliphatic carbocycles. The summed E-state index contributed by atoms with van der Waals surface area (Å²) >= 11 is 0. The summed E-state index contributed by atoms with van der Waals surface area (Å²) in [6, 6.07) is 100. The van der Waals surface area contributed by atoms with E-state index in [1.54, 1.807) is 146 Å². The first-order valence-corrected chi connectivity index (χ1v) is 40.1. The Morgan fingerprint density at radius 1 is 0.246 bits per heavy atom. The van der Waals surface area contributed by atoms with Crippen LogP contribution in [0.1, 0.15) is 0 Å². The van der Waals surface area contributed by atoms with Crippen molar-refractivity contribution in [2.24, 2.45) is 0 Å². The van der Waals surface area contributed by atoms with Crippen LogP contribution in [-0.4, -0.2) is 168 Å². The molecule has 6 N–H and O–H groups in total. The molecule has 0 saturated heterocycles. The van der Waals surface area contributed by atoms with Crippen molar-refractivity contribution in [2.45, 2.75) is 0 Å². The topological polar surface area (TPSA) is 354 Å². The number of nitrogens with one attached hydrogen (secondary N) is 6. The summed E-state index contributed by atoms with van der Waals surface area (Å²) in [7, 11) is -19.1. The van der Waals surface area contributed by atoms with E-state index >= 15 is 0 Å². The van der Waals surface area contributed by atoms with Crippen molar-refractivity contribution in [3.05, 3.63) is 365 Å². The van der Waals surface area contributed by atoms with Gasteiger partial charge in [-0.3, -0.25) is 19.4 Å². The Morgan fingerprint density at radius 2 is 0.535 bits per heavy atom. The van der Waals surface area contributed by atoms with Gasteiger partial charge >= 0.3 is 0 Å². The van der Waals surface area contributed by atoms with E-state index in [-0.39, 0.29) is 258 Å². The Morgan fingerprint density at radius 3 is 0.702 bits per heavy atom. The Kier molecular flexibility index (Phi) is 101. The SMILES string of the molecule is CS(=O)(=O)Nc1[c-]cccc1.CS(=O)(=O)Nc1[c-]cccc1.CS(=O)(=O)Nc1[c-]cccc1.CS(=O)(=O)Nc1[c-]cccn1.CS(=O)(=O)Nc1[c-]cccn1.CS(=O)(=O)Nc1[c-]ccnc1.[B].[B].[B].[B].[B].[B].[Y].[Y].[Y].[Y].[Y].[Y].[c-]1ccccc1.[c-]1ccccc1.[c-]1ccccc1.[c-]1ccccn1.[c-]1cccnc1.[c-]1ccncc1. The fraction of sp³-hybridized carbons (Fsp3) is 0.0833. The van der Waals surface area contributed by atoms with Gasteiger partial charge in [-0.25, -0.2) is 86.9 Å². The molecule has 0 atom stereocenters. The van der Waals surface area contributed by atoms with Gasteiger partial charge < -0.3 is 38.8 Å². The molecule has 0 unspecified atom stereocenters. The summed E-state index contributed by atoms with van der Waals surface area (Å²) < 4.78 is 141. The van der Waals surface area contributed by atoms with E-state index in [4.69, 9.17) is 0 Å². The summed E-state index contributed by atoms with van der Waals surface area (Å²) in [6.45, 7) is 0. The van der Waals surface area contributed by atoms with Gasteiger partial charge in [0.15, 0.2) is 0 Å². The van der Waals surface area contributed by atoms with Crippen molar-refractivity contribution in [1.82, 2.24) is 29.9 Å². The van der Waals surface area contributed by atoms with Gasteiger partial charge in [0.25, 0.3) is 0 Å². The monoisotopic (exact) mass is 2090 g/mol. The van der Waals surface area contributed by atoms with Crippen molar-refractivity contribution in [3.63, 3.8) is 0 Å². The number of hydrogen-bond donors (Lipinski definition) is 6. The van der Waals surface area contributed by atoms with E-state index in [2.05, 4.69) is 131 Å². The Balaban J connectivity index is -0.0000000994. The molecule has 576 valence electrons. The second-order valence-electron chi connectivity index (χ2n) is 18.6. The van der Waals surface area contributed by atoms with Gasteiger partial charge in [-0.2, -0.15) is 249 Å². The third-order valence-electron chi connectivity index (χ3n) is 9.05. The number of nitrogens with zero attached hydrogens (tertiary/aromatic N) is 6. The van der Waals surface area contributed by atoms with E-state index in [9.17, 15) is 50.5 Å². The predicted molar refractivity (Wildman–Crippen MR) is 435 cm³/mol. The maximum atomic E-state index is 10.7.